The molecule has 0 bridgehead atoms. The smallest absolute Gasteiger partial charge is 0.227 e. The molecule has 4 nitrogen and oxygen atoms in total. The van der Waals surface area contributed by atoms with E-state index in [1.807, 2.05) is 29.3 Å². The molecule has 2 aromatic carbocycles. The molecule has 5 heteroatoms. The monoisotopic (exact) mass is 337 g/mol. The van der Waals surface area contributed by atoms with E-state index in [0.717, 1.165) is 29.6 Å². The van der Waals surface area contributed by atoms with Gasteiger partial charge in [-0.15, -0.1) is 0 Å². The molecule has 0 aliphatic carbocycles. The molecule has 1 aromatic heterocycles. The van der Waals surface area contributed by atoms with Crippen molar-refractivity contribution in [2.75, 3.05) is 31.1 Å². The highest BCUT2D eigenvalue weighted by atomic mass is 19.1. The molecule has 1 N–H and O–H groups in total. The summed E-state index contributed by atoms with van der Waals surface area (Å²) in [6, 6.07) is 14.9. The fourth-order valence-corrected chi connectivity index (χ4v) is 3.42. The van der Waals surface area contributed by atoms with Crippen molar-refractivity contribution in [3.8, 4) is 0 Å². The number of para-hydroxylation sites is 1. The Bertz CT molecular complexity index is 882. The Morgan fingerprint density at radius 3 is 2.56 bits per heavy atom. The normalized spacial score (nSPS) is 14.9. The van der Waals surface area contributed by atoms with Crippen LogP contribution in [-0.4, -0.2) is 42.0 Å². The zero-order valence-electron chi connectivity index (χ0n) is 13.9. The van der Waals surface area contributed by atoms with Crippen LogP contribution in [0.2, 0.25) is 0 Å². The van der Waals surface area contributed by atoms with Crippen LogP contribution < -0.4 is 4.90 Å². The number of carbonyl (C=O) groups excluding carboxylic acids is 1. The van der Waals surface area contributed by atoms with E-state index in [9.17, 15) is 9.18 Å². The van der Waals surface area contributed by atoms with E-state index in [4.69, 9.17) is 0 Å². The zero-order chi connectivity index (χ0) is 17.2. The van der Waals surface area contributed by atoms with Gasteiger partial charge >= 0.3 is 0 Å². The Labute approximate surface area is 145 Å². The summed E-state index contributed by atoms with van der Waals surface area (Å²) in [6.45, 7) is 3.09. The number of rotatable bonds is 3. The molecular weight excluding hydrogens is 317 g/mol. The second-order valence-corrected chi connectivity index (χ2v) is 6.38. The summed E-state index contributed by atoms with van der Waals surface area (Å²) < 4.78 is 13.5. The number of halogens is 1. The number of hydrogen-bond donors (Lipinski definition) is 1. The molecule has 1 aliphatic rings. The lowest BCUT2D eigenvalue weighted by molar-refractivity contribution is -0.130. The van der Waals surface area contributed by atoms with Crippen LogP contribution in [0, 0.1) is 5.82 Å². The van der Waals surface area contributed by atoms with Crippen LogP contribution in [0.15, 0.2) is 54.7 Å². The van der Waals surface area contributed by atoms with Gasteiger partial charge in [0.15, 0.2) is 0 Å². The molecule has 2 heterocycles. The van der Waals surface area contributed by atoms with Crippen LogP contribution in [0.5, 0.6) is 0 Å². The first-order valence-corrected chi connectivity index (χ1v) is 8.54. The first kappa shape index (κ1) is 15.7. The van der Waals surface area contributed by atoms with Crippen LogP contribution >= 0.6 is 0 Å². The number of carbonyl (C=O) groups is 1. The van der Waals surface area contributed by atoms with E-state index < -0.39 is 0 Å². The molecule has 1 amide bonds. The van der Waals surface area contributed by atoms with Crippen molar-refractivity contribution in [2.45, 2.75) is 6.42 Å². The summed E-state index contributed by atoms with van der Waals surface area (Å²) in [5, 5.41) is 0.788. The number of piperazine rings is 1. The van der Waals surface area contributed by atoms with Gasteiger partial charge in [-0.2, -0.15) is 0 Å². The number of anilines is 1. The standard InChI is InChI=1S/C20H20FN3O/c21-16-6-7-19-18(13-16)15(14-22-19)12-20(25)24-10-8-23(9-11-24)17-4-2-1-3-5-17/h1-7,13-14,22H,8-12H2. The first-order chi connectivity index (χ1) is 12.2. The minimum atomic E-state index is -0.280. The summed E-state index contributed by atoms with van der Waals surface area (Å²) in [7, 11) is 0. The van der Waals surface area contributed by atoms with Crippen LogP contribution in [0.3, 0.4) is 0 Å². The fourth-order valence-electron chi connectivity index (χ4n) is 3.42. The predicted molar refractivity (Wildman–Crippen MR) is 97.2 cm³/mol. The Balaban J connectivity index is 1.41. The summed E-state index contributed by atoms with van der Waals surface area (Å²) in [6.07, 6.45) is 2.11. The lowest BCUT2D eigenvalue weighted by atomic mass is 10.1. The molecular formula is C20H20FN3O. The molecule has 1 fully saturated rings. The second-order valence-electron chi connectivity index (χ2n) is 6.38. The Morgan fingerprint density at radius 1 is 1.04 bits per heavy atom. The van der Waals surface area contributed by atoms with Gasteiger partial charge in [0, 0.05) is 49.0 Å². The third kappa shape index (κ3) is 3.22. The van der Waals surface area contributed by atoms with Crippen molar-refractivity contribution in [3.63, 3.8) is 0 Å². The van der Waals surface area contributed by atoms with Crippen molar-refractivity contribution in [1.82, 2.24) is 9.88 Å². The highest BCUT2D eigenvalue weighted by Crippen LogP contribution is 2.21. The number of amides is 1. The van der Waals surface area contributed by atoms with Crippen LogP contribution in [0.1, 0.15) is 5.56 Å². The van der Waals surface area contributed by atoms with Crippen molar-refractivity contribution >= 4 is 22.5 Å². The topological polar surface area (TPSA) is 39.3 Å². The number of H-pyrrole nitrogens is 1. The molecule has 0 atom stereocenters. The average molecular weight is 337 g/mol. The number of aromatic nitrogens is 1. The van der Waals surface area contributed by atoms with Gasteiger partial charge in [0.1, 0.15) is 5.82 Å². The lowest BCUT2D eigenvalue weighted by Gasteiger charge is -2.36. The average Bonchev–Trinajstić information content (AvgIpc) is 3.04. The van der Waals surface area contributed by atoms with Gasteiger partial charge in [0.25, 0.3) is 0 Å². The number of nitrogens with zero attached hydrogens (tertiary/aromatic N) is 2. The molecule has 0 radical (unpaired) electrons. The van der Waals surface area contributed by atoms with E-state index in [-0.39, 0.29) is 11.7 Å². The van der Waals surface area contributed by atoms with Crippen molar-refractivity contribution in [2.24, 2.45) is 0 Å². The number of nitrogens with one attached hydrogen (secondary N) is 1. The summed E-state index contributed by atoms with van der Waals surface area (Å²) in [5.41, 5.74) is 2.91. The van der Waals surface area contributed by atoms with Crippen LogP contribution in [0.4, 0.5) is 10.1 Å². The maximum Gasteiger partial charge on any atom is 0.227 e. The second kappa shape index (κ2) is 6.59. The zero-order valence-corrected chi connectivity index (χ0v) is 13.9. The SMILES string of the molecule is O=C(Cc1c[nH]c2ccc(F)cc12)N1CCN(c2ccccc2)CC1. The highest BCUT2D eigenvalue weighted by molar-refractivity contribution is 5.89. The van der Waals surface area contributed by atoms with Crippen LogP contribution in [0.25, 0.3) is 10.9 Å². The lowest BCUT2D eigenvalue weighted by Crippen LogP contribution is -2.49. The Morgan fingerprint density at radius 2 is 1.80 bits per heavy atom. The van der Waals surface area contributed by atoms with E-state index in [0.29, 0.717) is 19.5 Å². The number of hydrogen-bond acceptors (Lipinski definition) is 2. The minimum absolute atomic E-state index is 0.0953. The minimum Gasteiger partial charge on any atom is -0.368 e. The molecule has 0 saturated carbocycles. The molecule has 0 spiro atoms. The van der Waals surface area contributed by atoms with Crippen LogP contribution in [-0.2, 0) is 11.2 Å². The Kier molecular flexibility index (Phi) is 4.14. The molecule has 1 saturated heterocycles. The molecule has 1 aliphatic heterocycles. The third-order valence-corrected chi connectivity index (χ3v) is 4.82. The molecule has 3 aromatic rings. The van der Waals surface area contributed by atoms with Gasteiger partial charge in [-0.05, 0) is 35.9 Å². The molecule has 25 heavy (non-hydrogen) atoms. The summed E-state index contributed by atoms with van der Waals surface area (Å²) in [4.78, 5) is 19.9. The van der Waals surface area contributed by atoms with Crippen molar-refractivity contribution < 1.29 is 9.18 Å². The maximum atomic E-state index is 13.5. The van der Waals surface area contributed by atoms with Gasteiger partial charge in [-0.1, -0.05) is 18.2 Å². The van der Waals surface area contributed by atoms with E-state index >= 15 is 0 Å². The van der Waals surface area contributed by atoms with E-state index in [2.05, 4.69) is 22.0 Å². The third-order valence-electron chi connectivity index (χ3n) is 4.82. The molecule has 4 rings (SSSR count). The Hall–Kier alpha value is -2.82. The maximum absolute atomic E-state index is 13.5. The largest absolute Gasteiger partial charge is 0.368 e. The molecule has 128 valence electrons. The quantitative estimate of drug-likeness (QED) is 0.797. The van der Waals surface area contributed by atoms with Crippen molar-refractivity contribution in [1.29, 1.82) is 0 Å². The summed E-state index contributed by atoms with van der Waals surface area (Å²) in [5.74, 6) is -0.185. The van der Waals surface area contributed by atoms with E-state index in [1.165, 1.54) is 17.8 Å². The fraction of sp³-hybridized carbons (Fsp3) is 0.250. The van der Waals surface area contributed by atoms with Gasteiger partial charge in [0.05, 0.1) is 6.42 Å². The first-order valence-electron chi connectivity index (χ1n) is 8.54. The summed E-state index contributed by atoms with van der Waals surface area (Å²) >= 11 is 0. The van der Waals surface area contributed by atoms with Gasteiger partial charge in [-0.25, -0.2) is 4.39 Å². The van der Waals surface area contributed by atoms with Gasteiger partial charge in [0.2, 0.25) is 5.91 Å². The van der Waals surface area contributed by atoms with Crippen molar-refractivity contribution in [3.05, 3.63) is 66.1 Å². The predicted octanol–water partition coefficient (Wildman–Crippen LogP) is 3.20. The van der Waals surface area contributed by atoms with Gasteiger partial charge in [-0.3, -0.25) is 4.79 Å². The number of benzene rings is 2. The van der Waals surface area contributed by atoms with Gasteiger partial charge < -0.3 is 14.8 Å². The number of aromatic amines is 1. The van der Waals surface area contributed by atoms with E-state index in [1.54, 1.807) is 6.07 Å². The number of fused-ring (bicyclic) bond motifs is 1. The molecule has 0 unspecified atom stereocenters. The highest BCUT2D eigenvalue weighted by Gasteiger charge is 2.22.